The van der Waals surface area contributed by atoms with Crippen LogP contribution >= 0.6 is 0 Å². The normalized spacial score (nSPS) is 10.0. The van der Waals surface area contributed by atoms with Crippen molar-refractivity contribution in [1.29, 1.82) is 0 Å². The molecule has 0 aliphatic rings. The molecule has 6 heavy (non-hydrogen) atoms. The molecule has 0 heterocycles. The molecule has 0 atom stereocenters. The van der Waals surface area contributed by atoms with E-state index in [0.29, 0.717) is 0 Å². The largest absolute Gasteiger partial charge is 0.870 e. The molecule has 0 aromatic heterocycles. The summed E-state index contributed by atoms with van der Waals surface area (Å²) in [4.78, 5) is 0. The van der Waals surface area contributed by atoms with Crippen LogP contribution in [0.3, 0.4) is 0 Å². The molecule has 2 nitrogen and oxygen atoms in total. The Morgan fingerprint density at radius 3 is 0.833 bits per heavy atom. The molecule has 0 saturated carbocycles. The third-order valence-corrected chi connectivity index (χ3v) is 0. The Hall–Kier alpha value is -0.0800. The van der Waals surface area contributed by atoms with Crippen molar-refractivity contribution in [3.05, 3.63) is 0 Å². The van der Waals surface area contributed by atoms with Crippen LogP contribution in [0.25, 0.3) is 0 Å². The fourth-order valence-electron chi connectivity index (χ4n) is 0. The highest BCUT2D eigenvalue weighted by Gasteiger charge is 1.88. The monoisotopic (exact) mass is 94.1 g/mol. The first-order chi connectivity index (χ1) is 2.00. The first kappa shape index (κ1) is 9.33. The Labute approximate surface area is 39.3 Å². The van der Waals surface area contributed by atoms with Gasteiger partial charge < -0.3 is 9.96 Å². The molecule has 0 fully saturated rings. The second-order valence-electron chi connectivity index (χ2n) is 2.68. The summed E-state index contributed by atoms with van der Waals surface area (Å²) in [6.07, 6.45) is 0. The summed E-state index contributed by atoms with van der Waals surface area (Å²) in [7, 11) is 8.50. The zero-order valence-electron chi connectivity index (χ0n) is 4.89. The van der Waals surface area contributed by atoms with Gasteiger partial charge >= 0.3 is 0 Å². The third-order valence-electron chi connectivity index (χ3n) is 0. The van der Waals surface area contributed by atoms with Crippen LogP contribution in [0.5, 0.6) is 0 Å². The summed E-state index contributed by atoms with van der Waals surface area (Å²) < 4.78 is 1.00. The van der Waals surface area contributed by atoms with Crippen molar-refractivity contribution in [3.8, 4) is 0 Å². The molecule has 40 valence electrons. The van der Waals surface area contributed by atoms with E-state index in [2.05, 4.69) is 28.2 Å². The van der Waals surface area contributed by atoms with Crippen molar-refractivity contribution >= 4 is 0 Å². The number of quaternary nitrogens is 1. The van der Waals surface area contributed by atoms with E-state index >= 15 is 0 Å². The highest BCUT2D eigenvalue weighted by atomic mass is 16.0. The maximum atomic E-state index is 2.12. The molecule has 0 aliphatic heterocycles. The molecule has 0 aromatic rings. The Balaban J connectivity index is 0. The molecule has 0 aromatic carbocycles. The van der Waals surface area contributed by atoms with Crippen molar-refractivity contribution < 1.29 is 9.96 Å². The molecular weight excluding hydrogens is 81.0 g/mol. The minimum atomic E-state index is 0. The van der Waals surface area contributed by atoms with Gasteiger partial charge in [0.25, 0.3) is 0 Å². The van der Waals surface area contributed by atoms with E-state index in [0.717, 1.165) is 4.48 Å². The van der Waals surface area contributed by atoms with Crippen LogP contribution < -0.4 is 0 Å². The zero-order chi connectivity index (χ0) is 4.50. The Bertz CT molecular complexity index is 23.0. The lowest BCUT2D eigenvalue weighted by molar-refractivity contribution is -0.849. The molecule has 1 N–H and O–H groups in total. The van der Waals surface area contributed by atoms with Gasteiger partial charge in [-0.2, -0.15) is 0 Å². The maximum absolute atomic E-state index is 2.12. The van der Waals surface area contributed by atoms with Crippen LogP contribution in [0, 0.1) is 0 Å². The van der Waals surface area contributed by atoms with Gasteiger partial charge in [0, 0.05) is 0 Å². The second-order valence-corrected chi connectivity index (χ2v) is 2.68. The average Bonchev–Trinajstić information content (AvgIpc) is 0.722. The van der Waals surface area contributed by atoms with Crippen molar-refractivity contribution in [2.75, 3.05) is 28.2 Å². The first-order valence-electron chi connectivity index (χ1n) is 1.79. The van der Waals surface area contributed by atoms with Gasteiger partial charge in [0.1, 0.15) is 0 Å². The predicted octanol–water partition coefficient (Wildman–Crippen LogP) is 0.146. The standard InChI is InChI=1S/C4H12N.H2O/c1-5(2,3)4;/h1-4H3;1H2/q+1;/p-1/i1+1,2+1,3+1;. The van der Waals surface area contributed by atoms with E-state index in [-0.39, 0.29) is 5.48 Å². The Morgan fingerprint density at radius 2 is 0.833 bits per heavy atom. The van der Waals surface area contributed by atoms with Gasteiger partial charge in [-0.25, -0.2) is 0 Å². The molecule has 0 amide bonds. The Kier molecular flexibility index (Phi) is 3.35. The van der Waals surface area contributed by atoms with Gasteiger partial charge in [0.05, 0.1) is 28.2 Å². The molecule has 0 radical (unpaired) electrons. The lowest BCUT2D eigenvalue weighted by Crippen LogP contribution is -2.27. The highest BCUT2D eigenvalue weighted by Crippen LogP contribution is 1.73. The van der Waals surface area contributed by atoms with Gasteiger partial charge in [0.2, 0.25) is 0 Å². The van der Waals surface area contributed by atoms with Crippen molar-refractivity contribution in [3.63, 3.8) is 0 Å². The highest BCUT2D eigenvalue weighted by molar-refractivity contribution is 3.87. The van der Waals surface area contributed by atoms with Crippen molar-refractivity contribution in [2.24, 2.45) is 0 Å². The van der Waals surface area contributed by atoms with E-state index in [1.165, 1.54) is 0 Å². The maximum Gasteiger partial charge on any atom is 0.0675 e. The summed E-state index contributed by atoms with van der Waals surface area (Å²) in [5.74, 6) is 0. The van der Waals surface area contributed by atoms with Crippen molar-refractivity contribution in [2.45, 2.75) is 0 Å². The molecule has 0 rings (SSSR count). The van der Waals surface area contributed by atoms with E-state index in [1.54, 1.807) is 0 Å². The van der Waals surface area contributed by atoms with Gasteiger partial charge in [0.15, 0.2) is 0 Å². The first-order valence-corrected chi connectivity index (χ1v) is 1.79. The lowest BCUT2D eigenvalue weighted by atomic mass is 11.2. The zero-order valence-corrected chi connectivity index (χ0v) is 4.89. The smallest absolute Gasteiger partial charge is 0.0675 e. The number of hydrogen-bond acceptors (Lipinski definition) is 1. The molecule has 0 unspecified atom stereocenters. The molecular formula is C4H13NO. The minimum Gasteiger partial charge on any atom is -0.870 e. The Morgan fingerprint density at radius 1 is 0.833 bits per heavy atom. The summed E-state index contributed by atoms with van der Waals surface area (Å²) in [6.45, 7) is 0. The summed E-state index contributed by atoms with van der Waals surface area (Å²) in [6, 6.07) is 0. The van der Waals surface area contributed by atoms with Gasteiger partial charge in [-0.15, -0.1) is 0 Å². The van der Waals surface area contributed by atoms with Crippen molar-refractivity contribution in [1.82, 2.24) is 0 Å². The fourth-order valence-corrected chi connectivity index (χ4v) is 0. The lowest BCUT2D eigenvalue weighted by Gasteiger charge is -2.14. The molecule has 0 spiro atoms. The molecule has 0 saturated heterocycles. The van der Waals surface area contributed by atoms with E-state index in [4.69, 9.17) is 0 Å². The van der Waals surface area contributed by atoms with Crippen LogP contribution in [-0.2, 0) is 0 Å². The number of nitrogens with zero attached hydrogens (tertiary/aromatic N) is 1. The van der Waals surface area contributed by atoms with Crippen LogP contribution in [0.4, 0.5) is 0 Å². The van der Waals surface area contributed by atoms with E-state index in [9.17, 15) is 0 Å². The summed E-state index contributed by atoms with van der Waals surface area (Å²) in [5, 5.41) is 0. The average molecular weight is 94.1 g/mol. The quantitative estimate of drug-likeness (QED) is 0.310. The summed E-state index contributed by atoms with van der Waals surface area (Å²) in [5.41, 5.74) is 0. The second kappa shape index (κ2) is 2.16. The predicted molar refractivity (Wildman–Crippen MR) is 25.9 cm³/mol. The summed E-state index contributed by atoms with van der Waals surface area (Å²) >= 11 is 0. The molecule has 2 heteroatoms. The molecule has 0 bridgehead atoms. The van der Waals surface area contributed by atoms with Crippen LogP contribution in [0.2, 0.25) is 0 Å². The molecule has 0 aliphatic carbocycles. The van der Waals surface area contributed by atoms with E-state index in [1.807, 2.05) is 0 Å². The number of rotatable bonds is 0. The SMILES string of the molecule is C[N+]([13CH3])([13CH3])[13CH3].[OH-]. The van der Waals surface area contributed by atoms with Gasteiger partial charge in [-0.3, -0.25) is 0 Å². The van der Waals surface area contributed by atoms with Gasteiger partial charge in [-0.05, 0) is 0 Å². The topological polar surface area (TPSA) is 30.0 Å². The van der Waals surface area contributed by atoms with Crippen LogP contribution in [0.15, 0.2) is 0 Å². The fraction of sp³-hybridized carbons (Fsp3) is 1.00. The van der Waals surface area contributed by atoms with Gasteiger partial charge in [-0.1, -0.05) is 0 Å². The minimum absolute atomic E-state index is 0. The van der Waals surface area contributed by atoms with Crippen LogP contribution in [-0.4, -0.2) is 38.1 Å². The number of hydrogen-bond donors (Lipinski definition) is 0. The van der Waals surface area contributed by atoms with E-state index < -0.39 is 0 Å². The van der Waals surface area contributed by atoms with Crippen LogP contribution in [0.1, 0.15) is 0 Å². The third kappa shape index (κ3) is 5220.